The fraction of sp³-hybridized carbons (Fsp3) is 0.923. The Bertz CT molecular complexity index is 254. The number of hydrogen-bond acceptors (Lipinski definition) is 3. The number of likely N-dealkylation sites (tertiary alicyclic amines) is 1. The van der Waals surface area contributed by atoms with E-state index in [0.717, 1.165) is 51.9 Å². The topological polar surface area (TPSA) is 52.6 Å². The highest BCUT2D eigenvalue weighted by Crippen LogP contribution is 2.23. The molecule has 0 aromatic heterocycles. The Balaban J connectivity index is 1.81. The van der Waals surface area contributed by atoms with E-state index >= 15 is 0 Å². The molecule has 17 heavy (non-hydrogen) atoms. The Morgan fingerprint density at radius 2 is 1.82 bits per heavy atom. The van der Waals surface area contributed by atoms with E-state index < -0.39 is 0 Å². The number of piperidine rings is 2. The maximum Gasteiger partial charge on any atom is 0.225 e. The normalized spacial score (nSPS) is 25.9. The van der Waals surface area contributed by atoms with Crippen LogP contribution in [0.5, 0.6) is 0 Å². The highest BCUT2D eigenvalue weighted by Gasteiger charge is 2.30. The lowest BCUT2D eigenvalue weighted by Gasteiger charge is -2.36. The van der Waals surface area contributed by atoms with Gasteiger partial charge in [0.05, 0.1) is 6.10 Å². The van der Waals surface area contributed by atoms with Gasteiger partial charge in [-0.3, -0.25) is 4.79 Å². The summed E-state index contributed by atoms with van der Waals surface area (Å²) >= 11 is 0. The van der Waals surface area contributed by atoms with Crippen molar-refractivity contribution in [3.63, 3.8) is 0 Å². The molecule has 98 valence electrons. The summed E-state index contributed by atoms with van der Waals surface area (Å²) in [5.74, 6) is 0.960. The molecule has 2 fully saturated rings. The zero-order valence-electron chi connectivity index (χ0n) is 10.7. The zero-order valence-corrected chi connectivity index (χ0v) is 10.7. The van der Waals surface area contributed by atoms with Crippen LogP contribution in [0, 0.1) is 11.8 Å². The number of aliphatic hydroxyl groups excluding tert-OH is 1. The van der Waals surface area contributed by atoms with Crippen LogP contribution in [0.25, 0.3) is 0 Å². The van der Waals surface area contributed by atoms with E-state index in [1.807, 2.05) is 11.8 Å². The molecule has 0 aromatic rings. The van der Waals surface area contributed by atoms with Crippen molar-refractivity contribution in [2.75, 3.05) is 26.2 Å². The summed E-state index contributed by atoms with van der Waals surface area (Å²) in [5, 5.41) is 12.8. The molecule has 0 spiro atoms. The number of hydrogen-bond donors (Lipinski definition) is 2. The number of rotatable bonds is 2. The van der Waals surface area contributed by atoms with E-state index in [9.17, 15) is 9.90 Å². The van der Waals surface area contributed by atoms with Crippen molar-refractivity contribution in [1.29, 1.82) is 0 Å². The molecule has 0 saturated carbocycles. The van der Waals surface area contributed by atoms with Gasteiger partial charge >= 0.3 is 0 Å². The van der Waals surface area contributed by atoms with Crippen molar-refractivity contribution in [3.05, 3.63) is 0 Å². The Kier molecular flexibility index (Phi) is 4.40. The van der Waals surface area contributed by atoms with Crippen molar-refractivity contribution >= 4 is 5.91 Å². The fourth-order valence-electron chi connectivity index (χ4n) is 2.93. The van der Waals surface area contributed by atoms with E-state index in [1.54, 1.807) is 0 Å². The Labute approximate surface area is 103 Å². The molecule has 1 amide bonds. The molecule has 4 heteroatoms. The summed E-state index contributed by atoms with van der Waals surface area (Å²) < 4.78 is 0. The Hall–Kier alpha value is -0.610. The predicted octanol–water partition coefficient (Wildman–Crippen LogP) is 0.605. The minimum atomic E-state index is -0.230. The quantitative estimate of drug-likeness (QED) is 0.743. The Morgan fingerprint density at radius 3 is 2.35 bits per heavy atom. The van der Waals surface area contributed by atoms with Gasteiger partial charge in [0.15, 0.2) is 0 Å². The zero-order chi connectivity index (χ0) is 12.3. The summed E-state index contributed by atoms with van der Waals surface area (Å²) in [6.07, 6.45) is 3.64. The van der Waals surface area contributed by atoms with E-state index in [2.05, 4.69) is 5.32 Å². The second kappa shape index (κ2) is 5.83. The molecule has 1 atom stereocenters. The van der Waals surface area contributed by atoms with E-state index in [-0.39, 0.29) is 12.0 Å². The van der Waals surface area contributed by atoms with Crippen molar-refractivity contribution in [2.24, 2.45) is 11.8 Å². The molecule has 2 rings (SSSR count). The lowest BCUT2D eigenvalue weighted by atomic mass is 9.90. The van der Waals surface area contributed by atoms with Gasteiger partial charge in [-0.25, -0.2) is 0 Å². The molecule has 4 nitrogen and oxygen atoms in total. The standard InChI is InChI=1S/C13H24N2O2/c1-10(16)11-4-8-15(9-5-11)13(17)12-2-6-14-7-3-12/h10-12,14,16H,2-9H2,1H3. The van der Waals surface area contributed by atoms with Crippen LogP contribution >= 0.6 is 0 Å². The molecule has 2 aliphatic rings. The molecule has 2 heterocycles. The fourth-order valence-corrected chi connectivity index (χ4v) is 2.93. The SMILES string of the molecule is CC(O)C1CCN(C(=O)C2CCNCC2)CC1. The molecule has 1 unspecified atom stereocenters. The largest absolute Gasteiger partial charge is 0.393 e. The number of carbonyl (C=O) groups is 1. The first-order valence-electron chi connectivity index (χ1n) is 6.86. The first kappa shape index (κ1) is 12.8. The summed E-state index contributed by atoms with van der Waals surface area (Å²) in [6, 6.07) is 0. The first-order chi connectivity index (χ1) is 8.18. The van der Waals surface area contributed by atoms with Crippen molar-refractivity contribution in [3.8, 4) is 0 Å². The smallest absolute Gasteiger partial charge is 0.225 e. The first-order valence-corrected chi connectivity index (χ1v) is 6.86. The molecule has 2 aliphatic heterocycles. The van der Waals surface area contributed by atoms with Gasteiger partial charge in [0.25, 0.3) is 0 Å². The molecular weight excluding hydrogens is 216 g/mol. The summed E-state index contributed by atoms with van der Waals surface area (Å²) in [7, 11) is 0. The molecule has 0 aliphatic carbocycles. The van der Waals surface area contributed by atoms with E-state index in [4.69, 9.17) is 0 Å². The Morgan fingerprint density at radius 1 is 1.24 bits per heavy atom. The van der Waals surface area contributed by atoms with Gasteiger partial charge in [0, 0.05) is 19.0 Å². The van der Waals surface area contributed by atoms with Gasteiger partial charge in [-0.05, 0) is 51.6 Å². The third-order valence-electron chi connectivity index (χ3n) is 4.22. The molecule has 2 N–H and O–H groups in total. The minimum absolute atomic E-state index is 0.230. The van der Waals surface area contributed by atoms with Gasteiger partial charge in [-0.15, -0.1) is 0 Å². The average molecular weight is 240 g/mol. The van der Waals surface area contributed by atoms with Crippen LogP contribution in [-0.2, 0) is 4.79 Å². The maximum absolute atomic E-state index is 12.3. The molecule has 0 radical (unpaired) electrons. The lowest BCUT2D eigenvalue weighted by molar-refractivity contribution is -0.138. The second-order valence-corrected chi connectivity index (χ2v) is 5.43. The highest BCUT2D eigenvalue weighted by atomic mass is 16.3. The third-order valence-corrected chi connectivity index (χ3v) is 4.22. The molecular formula is C13H24N2O2. The summed E-state index contributed by atoms with van der Waals surface area (Å²) in [6.45, 7) is 5.46. The van der Waals surface area contributed by atoms with Gasteiger partial charge in [-0.1, -0.05) is 0 Å². The number of carbonyl (C=O) groups excluding carboxylic acids is 1. The summed E-state index contributed by atoms with van der Waals surface area (Å²) in [4.78, 5) is 14.3. The van der Waals surface area contributed by atoms with Crippen LogP contribution in [0.4, 0.5) is 0 Å². The van der Waals surface area contributed by atoms with Crippen molar-refractivity contribution in [1.82, 2.24) is 10.2 Å². The molecule has 0 bridgehead atoms. The van der Waals surface area contributed by atoms with Gasteiger partial charge in [0.1, 0.15) is 0 Å². The maximum atomic E-state index is 12.3. The van der Waals surface area contributed by atoms with Crippen LogP contribution in [-0.4, -0.2) is 48.2 Å². The summed E-state index contributed by atoms with van der Waals surface area (Å²) in [5.41, 5.74) is 0. The molecule has 2 saturated heterocycles. The average Bonchev–Trinajstić information content (AvgIpc) is 2.39. The van der Waals surface area contributed by atoms with E-state index in [0.29, 0.717) is 11.8 Å². The molecule has 0 aromatic carbocycles. The third kappa shape index (κ3) is 3.19. The van der Waals surface area contributed by atoms with Gasteiger partial charge < -0.3 is 15.3 Å². The predicted molar refractivity (Wildman–Crippen MR) is 66.6 cm³/mol. The van der Waals surface area contributed by atoms with Crippen LogP contribution in [0.2, 0.25) is 0 Å². The number of nitrogens with one attached hydrogen (secondary N) is 1. The van der Waals surface area contributed by atoms with Crippen molar-refractivity contribution < 1.29 is 9.90 Å². The minimum Gasteiger partial charge on any atom is -0.393 e. The monoisotopic (exact) mass is 240 g/mol. The highest BCUT2D eigenvalue weighted by molar-refractivity contribution is 5.79. The van der Waals surface area contributed by atoms with Crippen LogP contribution in [0.15, 0.2) is 0 Å². The van der Waals surface area contributed by atoms with Crippen LogP contribution in [0.1, 0.15) is 32.6 Å². The van der Waals surface area contributed by atoms with Crippen LogP contribution in [0.3, 0.4) is 0 Å². The van der Waals surface area contributed by atoms with Crippen LogP contribution < -0.4 is 5.32 Å². The number of nitrogens with zero attached hydrogens (tertiary/aromatic N) is 1. The lowest BCUT2D eigenvalue weighted by Crippen LogP contribution is -2.45. The number of aliphatic hydroxyl groups is 1. The van der Waals surface area contributed by atoms with Gasteiger partial charge in [-0.2, -0.15) is 0 Å². The number of amides is 1. The second-order valence-electron chi connectivity index (χ2n) is 5.43. The van der Waals surface area contributed by atoms with Gasteiger partial charge in [0.2, 0.25) is 5.91 Å². The van der Waals surface area contributed by atoms with E-state index in [1.165, 1.54) is 0 Å². The van der Waals surface area contributed by atoms with Crippen molar-refractivity contribution in [2.45, 2.75) is 38.7 Å².